The Bertz CT molecular complexity index is 686. The highest BCUT2D eigenvalue weighted by atomic mass is 19.4. The van der Waals surface area contributed by atoms with Crippen molar-refractivity contribution in [1.82, 2.24) is 14.9 Å². The van der Waals surface area contributed by atoms with Gasteiger partial charge in [0.15, 0.2) is 0 Å². The molecule has 0 aliphatic heterocycles. The fourth-order valence-electron chi connectivity index (χ4n) is 2.08. The molecule has 1 heterocycles. The van der Waals surface area contributed by atoms with Crippen LogP contribution in [0.15, 0.2) is 30.3 Å². The number of nitrogens with zero attached hydrogens (tertiary/aromatic N) is 3. The molecule has 0 aliphatic rings. The maximum Gasteiger partial charge on any atom is 0.418 e. The summed E-state index contributed by atoms with van der Waals surface area (Å²) in [5, 5.41) is 5.80. The second-order valence-corrected chi connectivity index (χ2v) is 5.62. The molecule has 0 atom stereocenters. The van der Waals surface area contributed by atoms with Crippen LogP contribution in [0, 0.1) is 6.92 Å². The van der Waals surface area contributed by atoms with Crippen LogP contribution in [-0.2, 0) is 6.18 Å². The minimum absolute atomic E-state index is 0.0395. The van der Waals surface area contributed by atoms with Crippen molar-refractivity contribution in [1.29, 1.82) is 0 Å². The Morgan fingerprint density at radius 1 is 1.12 bits per heavy atom. The summed E-state index contributed by atoms with van der Waals surface area (Å²) in [5.41, 5.74) is -0.116. The Labute approximate surface area is 138 Å². The molecule has 8 heteroatoms. The van der Waals surface area contributed by atoms with Crippen LogP contribution in [0.2, 0.25) is 0 Å². The summed E-state index contributed by atoms with van der Waals surface area (Å²) in [4.78, 5) is 10.5. The Morgan fingerprint density at radius 2 is 1.83 bits per heavy atom. The highest BCUT2D eigenvalue weighted by Crippen LogP contribution is 2.35. The predicted octanol–water partition coefficient (Wildman–Crippen LogP) is 3.52. The maximum absolute atomic E-state index is 13.1. The van der Waals surface area contributed by atoms with Gasteiger partial charge in [-0.2, -0.15) is 18.2 Å². The normalized spacial score (nSPS) is 11.6. The first kappa shape index (κ1) is 18.0. The number of nitrogens with one attached hydrogen (secondary N) is 2. The van der Waals surface area contributed by atoms with Crippen LogP contribution in [0.25, 0.3) is 0 Å². The Balaban J connectivity index is 2.20. The number of benzene rings is 1. The van der Waals surface area contributed by atoms with E-state index in [2.05, 4.69) is 20.6 Å². The lowest BCUT2D eigenvalue weighted by Gasteiger charge is -2.15. The minimum atomic E-state index is -4.43. The SMILES string of the molecule is Cc1cc(Nc2ccccc2C(F)(F)F)nc(NCCN(C)C)n1. The quantitative estimate of drug-likeness (QED) is 0.843. The largest absolute Gasteiger partial charge is 0.418 e. The van der Waals surface area contributed by atoms with E-state index in [-0.39, 0.29) is 5.69 Å². The first-order chi connectivity index (χ1) is 11.3. The van der Waals surface area contributed by atoms with E-state index in [1.165, 1.54) is 12.1 Å². The summed E-state index contributed by atoms with van der Waals surface area (Å²) in [6.07, 6.45) is -4.43. The molecular weight excluding hydrogens is 319 g/mol. The van der Waals surface area contributed by atoms with Gasteiger partial charge in [0.1, 0.15) is 5.82 Å². The summed E-state index contributed by atoms with van der Waals surface area (Å²) in [6, 6.07) is 6.91. The summed E-state index contributed by atoms with van der Waals surface area (Å²) >= 11 is 0. The Hall–Kier alpha value is -2.35. The number of hydrogen-bond acceptors (Lipinski definition) is 5. The van der Waals surface area contributed by atoms with Gasteiger partial charge in [-0.25, -0.2) is 4.98 Å². The maximum atomic E-state index is 13.1. The number of rotatable bonds is 6. The van der Waals surface area contributed by atoms with Gasteiger partial charge in [-0.3, -0.25) is 0 Å². The Kier molecular flexibility index (Phi) is 5.61. The summed E-state index contributed by atoms with van der Waals surface area (Å²) < 4.78 is 39.2. The van der Waals surface area contributed by atoms with Gasteiger partial charge in [0.25, 0.3) is 0 Å². The molecule has 0 saturated carbocycles. The van der Waals surface area contributed by atoms with Crippen molar-refractivity contribution in [3.05, 3.63) is 41.6 Å². The van der Waals surface area contributed by atoms with Gasteiger partial charge >= 0.3 is 6.18 Å². The second kappa shape index (κ2) is 7.48. The third-order valence-electron chi connectivity index (χ3n) is 3.19. The molecule has 0 aliphatic carbocycles. The van der Waals surface area contributed by atoms with E-state index < -0.39 is 11.7 Å². The molecule has 2 aromatic rings. The zero-order valence-corrected chi connectivity index (χ0v) is 13.8. The molecule has 1 aromatic heterocycles. The van der Waals surface area contributed by atoms with Gasteiger partial charge in [0.2, 0.25) is 5.95 Å². The summed E-state index contributed by atoms with van der Waals surface area (Å²) in [5.74, 6) is 0.690. The van der Waals surface area contributed by atoms with Crippen molar-refractivity contribution in [2.24, 2.45) is 0 Å². The van der Waals surface area contributed by atoms with Crippen molar-refractivity contribution >= 4 is 17.5 Å². The van der Waals surface area contributed by atoms with Crippen LogP contribution in [-0.4, -0.2) is 42.1 Å². The fraction of sp³-hybridized carbons (Fsp3) is 0.375. The third kappa shape index (κ3) is 5.09. The van der Waals surface area contributed by atoms with Crippen molar-refractivity contribution in [3.63, 3.8) is 0 Å². The van der Waals surface area contributed by atoms with Gasteiger partial charge in [-0.1, -0.05) is 12.1 Å². The highest BCUT2D eigenvalue weighted by Gasteiger charge is 2.33. The van der Waals surface area contributed by atoms with Crippen LogP contribution >= 0.6 is 0 Å². The van der Waals surface area contributed by atoms with Gasteiger partial charge in [0.05, 0.1) is 11.3 Å². The van der Waals surface area contributed by atoms with Gasteiger partial charge in [0, 0.05) is 24.8 Å². The van der Waals surface area contributed by atoms with E-state index in [0.717, 1.165) is 12.6 Å². The van der Waals surface area contributed by atoms with Crippen molar-refractivity contribution in [2.45, 2.75) is 13.1 Å². The van der Waals surface area contributed by atoms with Crippen LogP contribution in [0.5, 0.6) is 0 Å². The number of likely N-dealkylation sites (N-methyl/N-ethyl adjacent to an activating group) is 1. The third-order valence-corrected chi connectivity index (χ3v) is 3.19. The number of aryl methyl sites for hydroxylation is 1. The van der Waals surface area contributed by atoms with Crippen LogP contribution in [0.4, 0.5) is 30.6 Å². The molecular formula is C16H20F3N5. The van der Waals surface area contributed by atoms with Crippen molar-refractivity contribution in [2.75, 3.05) is 37.8 Å². The lowest BCUT2D eigenvalue weighted by atomic mass is 10.1. The first-order valence-corrected chi connectivity index (χ1v) is 7.43. The fourth-order valence-corrected chi connectivity index (χ4v) is 2.08. The average molecular weight is 339 g/mol. The number of hydrogen-bond donors (Lipinski definition) is 2. The molecule has 0 fully saturated rings. The smallest absolute Gasteiger partial charge is 0.353 e. The van der Waals surface area contributed by atoms with E-state index >= 15 is 0 Å². The van der Waals surface area contributed by atoms with E-state index in [1.807, 2.05) is 19.0 Å². The second-order valence-electron chi connectivity index (χ2n) is 5.62. The zero-order chi connectivity index (χ0) is 17.7. The predicted molar refractivity (Wildman–Crippen MR) is 88.5 cm³/mol. The molecule has 2 N–H and O–H groups in total. The molecule has 130 valence electrons. The van der Waals surface area contributed by atoms with E-state index in [9.17, 15) is 13.2 Å². The van der Waals surface area contributed by atoms with E-state index in [1.54, 1.807) is 19.1 Å². The van der Waals surface area contributed by atoms with E-state index in [0.29, 0.717) is 24.0 Å². The van der Waals surface area contributed by atoms with Crippen LogP contribution < -0.4 is 10.6 Å². The summed E-state index contributed by atoms with van der Waals surface area (Å²) in [6.45, 7) is 3.19. The molecule has 0 amide bonds. The molecule has 0 unspecified atom stereocenters. The highest BCUT2D eigenvalue weighted by molar-refractivity contribution is 5.62. The average Bonchev–Trinajstić information content (AvgIpc) is 2.45. The van der Waals surface area contributed by atoms with Crippen molar-refractivity contribution in [3.8, 4) is 0 Å². The minimum Gasteiger partial charge on any atom is -0.353 e. The number of aromatic nitrogens is 2. The van der Waals surface area contributed by atoms with Gasteiger partial charge in [-0.15, -0.1) is 0 Å². The standard InChI is InChI=1S/C16H20F3N5/c1-11-10-14(23-15(21-11)20-8-9-24(2)3)22-13-7-5-4-6-12(13)16(17,18)19/h4-7,10H,8-9H2,1-3H3,(H2,20,21,22,23). The Morgan fingerprint density at radius 3 is 2.50 bits per heavy atom. The lowest BCUT2D eigenvalue weighted by molar-refractivity contribution is -0.136. The number of anilines is 3. The molecule has 1 aromatic carbocycles. The zero-order valence-electron chi connectivity index (χ0n) is 13.8. The van der Waals surface area contributed by atoms with Crippen LogP contribution in [0.1, 0.15) is 11.3 Å². The summed E-state index contributed by atoms with van der Waals surface area (Å²) in [7, 11) is 3.89. The van der Waals surface area contributed by atoms with Crippen LogP contribution in [0.3, 0.4) is 0 Å². The van der Waals surface area contributed by atoms with Gasteiger partial charge < -0.3 is 15.5 Å². The van der Waals surface area contributed by atoms with Crippen molar-refractivity contribution < 1.29 is 13.2 Å². The molecule has 5 nitrogen and oxygen atoms in total. The monoisotopic (exact) mass is 339 g/mol. The number of halogens is 3. The molecule has 0 bridgehead atoms. The van der Waals surface area contributed by atoms with E-state index in [4.69, 9.17) is 0 Å². The van der Waals surface area contributed by atoms with Gasteiger partial charge in [-0.05, 0) is 33.2 Å². The molecule has 0 spiro atoms. The molecule has 24 heavy (non-hydrogen) atoms. The molecule has 0 radical (unpaired) electrons. The molecule has 0 saturated heterocycles. The number of alkyl halides is 3. The molecule has 2 rings (SSSR count). The topological polar surface area (TPSA) is 53.1 Å². The number of para-hydroxylation sites is 1. The lowest BCUT2D eigenvalue weighted by Crippen LogP contribution is -2.21. The first-order valence-electron chi connectivity index (χ1n) is 7.43.